The van der Waals surface area contributed by atoms with Gasteiger partial charge in [-0.2, -0.15) is 0 Å². The third kappa shape index (κ3) is 1.82. The lowest BCUT2D eigenvalue weighted by Gasteiger charge is -2.30. The van der Waals surface area contributed by atoms with Crippen LogP contribution in [0.2, 0.25) is 0 Å². The Kier molecular flexibility index (Phi) is 2.47. The highest BCUT2D eigenvalue weighted by atomic mass is 15.3. The van der Waals surface area contributed by atoms with Gasteiger partial charge in [0.2, 0.25) is 0 Å². The Morgan fingerprint density at radius 3 is 2.89 bits per heavy atom. The third-order valence-electron chi connectivity index (χ3n) is 3.66. The number of pyridine rings is 1. The van der Waals surface area contributed by atoms with Crippen LogP contribution in [-0.4, -0.2) is 19.7 Å². The standard InChI is InChI=1S/C14H18N4/c1-10-5-4-8-15-12(10)13-17-16-11-6-7-14(2,3)9-18(11)13/h4-5,8H,6-7,9H2,1-3H3. The van der Waals surface area contributed by atoms with Gasteiger partial charge in [-0.05, 0) is 30.4 Å². The first-order valence-electron chi connectivity index (χ1n) is 6.41. The van der Waals surface area contributed by atoms with E-state index in [2.05, 4.69) is 46.6 Å². The smallest absolute Gasteiger partial charge is 0.182 e. The zero-order chi connectivity index (χ0) is 12.8. The molecule has 94 valence electrons. The molecule has 18 heavy (non-hydrogen) atoms. The predicted octanol–water partition coefficient (Wildman–Crippen LogP) is 2.62. The normalized spacial score (nSPS) is 17.5. The van der Waals surface area contributed by atoms with Crippen LogP contribution in [0.1, 0.15) is 31.7 Å². The SMILES string of the molecule is Cc1cccnc1-c1nnc2n1CC(C)(C)CC2. The van der Waals surface area contributed by atoms with E-state index in [0.717, 1.165) is 35.9 Å². The van der Waals surface area contributed by atoms with Crippen molar-refractivity contribution in [2.24, 2.45) is 5.41 Å². The van der Waals surface area contributed by atoms with Crippen LogP contribution in [0.4, 0.5) is 0 Å². The van der Waals surface area contributed by atoms with Crippen molar-refractivity contribution in [3.8, 4) is 11.5 Å². The Hall–Kier alpha value is -1.71. The summed E-state index contributed by atoms with van der Waals surface area (Å²) < 4.78 is 2.23. The van der Waals surface area contributed by atoms with Gasteiger partial charge < -0.3 is 4.57 Å². The van der Waals surface area contributed by atoms with E-state index in [1.54, 1.807) is 0 Å². The molecule has 1 aliphatic heterocycles. The molecule has 0 amide bonds. The van der Waals surface area contributed by atoms with Crippen LogP contribution in [0, 0.1) is 12.3 Å². The highest BCUT2D eigenvalue weighted by Gasteiger charge is 2.29. The first-order chi connectivity index (χ1) is 8.57. The second-order valence-electron chi connectivity index (χ2n) is 5.86. The summed E-state index contributed by atoms with van der Waals surface area (Å²) in [5.41, 5.74) is 2.41. The number of nitrogens with zero attached hydrogens (tertiary/aromatic N) is 4. The molecule has 0 fully saturated rings. The minimum atomic E-state index is 0.312. The molecule has 4 heteroatoms. The monoisotopic (exact) mass is 242 g/mol. The lowest BCUT2D eigenvalue weighted by molar-refractivity contribution is 0.248. The molecular weight excluding hydrogens is 224 g/mol. The molecule has 0 aromatic carbocycles. The van der Waals surface area contributed by atoms with E-state index in [0.29, 0.717) is 5.41 Å². The van der Waals surface area contributed by atoms with Crippen molar-refractivity contribution in [1.82, 2.24) is 19.7 Å². The molecule has 2 aromatic rings. The van der Waals surface area contributed by atoms with Gasteiger partial charge in [-0.3, -0.25) is 4.98 Å². The predicted molar refractivity (Wildman–Crippen MR) is 70.1 cm³/mol. The van der Waals surface area contributed by atoms with Crippen molar-refractivity contribution in [2.75, 3.05) is 0 Å². The van der Waals surface area contributed by atoms with E-state index in [1.807, 2.05) is 12.3 Å². The number of hydrogen-bond acceptors (Lipinski definition) is 3. The second kappa shape index (κ2) is 3.90. The molecule has 2 aromatic heterocycles. The van der Waals surface area contributed by atoms with Crippen LogP contribution in [0.5, 0.6) is 0 Å². The fraction of sp³-hybridized carbons (Fsp3) is 0.500. The van der Waals surface area contributed by atoms with Crippen molar-refractivity contribution in [3.05, 3.63) is 29.7 Å². The highest BCUT2D eigenvalue weighted by Crippen LogP contribution is 2.33. The number of rotatable bonds is 1. The zero-order valence-corrected chi connectivity index (χ0v) is 11.1. The summed E-state index contributed by atoms with van der Waals surface area (Å²) in [6.45, 7) is 7.63. The summed E-state index contributed by atoms with van der Waals surface area (Å²) in [7, 11) is 0. The molecule has 0 bridgehead atoms. The van der Waals surface area contributed by atoms with Crippen LogP contribution in [0.15, 0.2) is 18.3 Å². The average Bonchev–Trinajstić information content (AvgIpc) is 2.71. The molecule has 3 rings (SSSR count). The Bertz CT molecular complexity index is 583. The third-order valence-corrected chi connectivity index (χ3v) is 3.66. The quantitative estimate of drug-likeness (QED) is 0.772. The molecule has 0 saturated heterocycles. The second-order valence-corrected chi connectivity index (χ2v) is 5.86. The minimum Gasteiger partial charge on any atom is -0.309 e. The largest absolute Gasteiger partial charge is 0.309 e. The molecular formula is C14H18N4. The first kappa shape index (κ1) is 11.4. The van der Waals surface area contributed by atoms with Crippen molar-refractivity contribution < 1.29 is 0 Å². The van der Waals surface area contributed by atoms with Gasteiger partial charge in [-0.1, -0.05) is 19.9 Å². The maximum absolute atomic E-state index is 4.45. The van der Waals surface area contributed by atoms with Gasteiger partial charge in [0.1, 0.15) is 11.5 Å². The lowest BCUT2D eigenvalue weighted by Crippen LogP contribution is -2.27. The molecule has 0 unspecified atom stereocenters. The number of hydrogen-bond donors (Lipinski definition) is 0. The fourth-order valence-corrected chi connectivity index (χ4v) is 2.54. The van der Waals surface area contributed by atoms with Gasteiger partial charge in [-0.25, -0.2) is 0 Å². The summed E-state index contributed by atoms with van der Waals surface area (Å²) in [6, 6.07) is 4.02. The molecule has 0 spiro atoms. The molecule has 0 N–H and O–H groups in total. The molecule has 1 aliphatic rings. The van der Waals surface area contributed by atoms with Gasteiger partial charge in [0.25, 0.3) is 0 Å². The van der Waals surface area contributed by atoms with Crippen molar-refractivity contribution in [2.45, 2.75) is 40.2 Å². The zero-order valence-electron chi connectivity index (χ0n) is 11.1. The topological polar surface area (TPSA) is 43.6 Å². The van der Waals surface area contributed by atoms with E-state index in [9.17, 15) is 0 Å². The van der Waals surface area contributed by atoms with Crippen LogP contribution in [0.3, 0.4) is 0 Å². The van der Waals surface area contributed by atoms with Gasteiger partial charge in [0, 0.05) is 19.2 Å². The van der Waals surface area contributed by atoms with E-state index in [4.69, 9.17) is 0 Å². The molecule has 0 radical (unpaired) electrons. The van der Waals surface area contributed by atoms with Crippen LogP contribution in [-0.2, 0) is 13.0 Å². The summed E-state index contributed by atoms with van der Waals surface area (Å²) in [6.07, 6.45) is 4.00. The van der Waals surface area contributed by atoms with Gasteiger partial charge >= 0.3 is 0 Å². The molecule has 0 aliphatic carbocycles. The lowest BCUT2D eigenvalue weighted by atomic mass is 9.85. The Morgan fingerprint density at radius 1 is 1.28 bits per heavy atom. The Morgan fingerprint density at radius 2 is 2.11 bits per heavy atom. The number of aryl methyl sites for hydroxylation is 2. The van der Waals surface area contributed by atoms with Gasteiger partial charge in [0.15, 0.2) is 5.82 Å². The van der Waals surface area contributed by atoms with E-state index < -0.39 is 0 Å². The van der Waals surface area contributed by atoms with Crippen molar-refractivity contribution in [1.29, 1.82) is 0 Å². The van der Waals surface area contributed by atoms with Crippen molar-refractivity contribution in [3.63, 3.8) is 0 Å². The molecule has 0 saturated carbocycles. The van der Waals surface area contributed by atoms with Crippen LogP contribution in [0.25, 0.3) is 11.5 Å². The van der Waals surface area contributed by atoms with Gasteiger partial charge in [0.05, 0.1) is 0 Å². The van der Waals surface area contributed by atoms with Gasteiger partial charge in [-0.15, -0.1) is 10.2 Å². The van der Waals surface area contributed by atoms with Crippen LogP contribution < -0.4 is 0 Å². The highest BCUT2D eigenvalue weighted by molar-refractivity contribution is 5.54. The molecule has 4 nitrogen and oxygen atoms in total. The average molecular weight is 242 g/mol. The molecule has 0 atom stereocenters. The van der Waals surface area contributed by atoms with Crippen LogP contribution >= 0.6 is 0 Å². The number of aromatic nitrogens is 4. The summed E-state index contributed by atoms with van der Waals surface area (Å²) in [4.78, 5) is 4.45. The fourth-order valence-electron chi connectivity index (χ4n) is 2.54. The summed E-state index contributed by atoms with van der Waals surface area (Å²) in [5.74, 6) is 2.00. The maximum atomic E-state index is 4.45. The van der Waals surface area contributed by atoms with E-state index in [-0.39, 0.29) is 0 Å². The minimum absolute atomic E-state index is 0.312. The summed E-state index contributed by atoms with van der Waals surface area (Å²) >= 11 is 0. The number of fused-ring (bicyclic) bond motifs is 1. The van der Waals surface area contributed by atoms with Crippen molar-refractivity contribution >= 4 is 0 Å². The molecule has 3 heterocycles. The van der Waals surface area contributed by atoms with E-state index >= 15 is 0 Å². The van der Waals surface area contributed by atoms with E-state index in [1.165, 1.54) is 6.42 Å². The first-order valence-corrected chi connectivity index (χ1v) is 6.41. The Balaban J connectivity index is 2.11. The maximum Gasteiger partial charge on any atom is 0.182 e. The Labute approximate surface area is 107 Å². The summed E-state index contributed by atoms with van der Waals surface area (Å²) in [5, 5.41) is 8.66.